The van der Waals surface area contributed by atoms with Crippen LogP contribution in [0.15, 0.2) is 0 Å². The van der Waals surface area contributed by atoms with Crippen LogP contribution in [0.5, 0.6) is 0 Å². The van der Waals surface area contributed by atoms with Crippen LogP contribution < -0.4 is 0 Å². The second-order valence-electron chi connectivity index (χ2n) is 3.82. The second-order valence-corrected chi connectivity index (χ2v) is 8.57. The first-order valence-electron chi connectivity index (χ1n) is 3.92. The molecular weight excluding hydrogens is 152 g/mol. The first-order chi connectivity index (χ1) is 4.95. The SMILES string of the molecule is CC(C#C[Si](C)(C)C)CC=O. The summed E-state index contributed by atoms with van der Waals surface area (Å²) in [7, 11) is -1.23. The normalized spacial score (nSPS) is 13.1. The minimum Gasteiger partial charge on any atom is -0.303 e. The van der Waals surface area contributed by atoms with Crippen molar-refractivity contribution in [3.05, 3.63) is 0 Å². The highest BCUT2D eigenvalue weighted by molar-refractivity contribution is 6.83. The van der Waals surface area contributed by atoms with E-state index in [9.17, 15) is 4.79 Å². The zero-order valence-electron chi connectivity index (χ0n) is 7.77. The molecular formula is C9H16OSi. The maximum Gasteiger partial charge on any atom is 0.129 e. The summed E-state index contributed by atoms with van der Waals surface area (Å²) in [6.45, 7) is 8.59. The first-order valence-corrected chi connectivity index (χ1v) is 7.42. The Bertz CT molecular complexity index is 180. The van der Waals surface area contributed by atoms with Crippen LogP contribution in [0.4, 0.5) is 0 Å². The summed E-state index contributed by atoms with van der Waals surface area (Å²) in [6.07, 6.45) is 1.50. The molecule has 0 fully saturated rings. The average Bonchev–Trinajstić information content (AvgIpc) is 1.83. The third kappa shape index (κ3) is 7.34. The molecule has 0 aromatic rings. The summed E-state index contributed by atoms with van der Waals surface area (Å²) in [5, 5.41) is 0. The van der Waals surface area contributed by atoms with Crippen LogP contribution in [0.1, 0.15) is 13.3 Å². The number of hydrogen-bond acceptors (Lipinski definition) is 1. The number of carbonyl (C=O) groups is 1. The number of hydrogen-bond donors (Lipinski definition) is 0. The molecule has 0 rings (SSSR count). The summed E-state index contributed by atoms with van der Waals surface area (Å²) in [5.41, 5.74) is 3.24. The lowest BCUT2D eigenvalue weighted by Gasteiger charge is -2.04. The molecule has 62 valence electrons. The molecule has 2 heteroatoms. The van der Waals surface area contributed by atoms with Crippen molar-refractivity contribution in [2.24, 2.45) is 5.92 Å². The Kier molecular flexibility index (Phi) is 4.13. The third-order valence-electron chi connectivity index (χ3n) is 1.14. The minimum atomic E-state index is -1.23. The van der Waals surface area contributed by atoms with E-state index in [2.05, 4.69) is 31.1 Å². The predicted molar refractivity (Wildman–Crippen MR) is 51.0 cm³/mol. The van der Waals surface area contributed by atoms with Gasteiger partial charge in [0.1, 0.15) is 14.4 Å². The van der Waals surface area contributed by atoms with Gasteiger partial charge in [0, 0.05) is 12.3 Å². The topological polar surface area (TPSA) is 17.1 Å². The van der Waals surface area contributed by atoms with E-state index in [0.29, 0.717) is 6.42 Å². The van der Waals surface area contributed by atoms with Gasteiger partial charge < -0.3 is 4.79 Å². The fraction of sp³-hybridized carbons (Fsp3) is 0.667. The zero-order valence-corrected chi connectivity index (χ0v) is 8.77. The van der Waals surface area contributed by atoms with Gasteiger partial charge in [0.2, 0.25) is 0 Å². The Morgan fingerprint density at radius 2 is 2.00 bits per heavy atom. The molecule has 0 radical (unpaired) electrons. The van der Waals surface area contributed by atoms with E-state index in [-0.39, 0.29) is 5.92 Å². The molecule has 0 aliphatic carbocycles. The molecule has 0 spiro atoms. The fourth-order valence-corrected chi connectivity index (χ4v) is 1.22. The Balaban J connectivity index is 3.96. The van der Waals surface area contributed by atoms with Crippen molar-refractivity contribution >= 4 is 14.4 Å². The molecule has 0 bridgehead atoms. The van der Waals surface area contributed by atoms with Gasteiger partial charge in [-0.2, -0.15) is 0 Å². The average molecular weight is 168 g/mol. The van der Waals surface area contributed by atoms with Gasteiger partial charge in [0.25, 0.3) is 0 Å². The van der Waals surface area contributed by atoms with Gasteiger partial charge in [-0.1, -0.05) is 26.6 Å². The Morgan fingerprint density at radius 3 is 2.36 bits per heavy atom. The first kappa shape index (κ1) is 10.4. The second kappa shape index (κ2) is 4.35. The van der Waals surface area contributed by atoms with Crippen LogP contribution in [0.25, 0.3) is 0 Å². The van der Waals surface area contributed by atoms with Crippen LogP contribution in [0, 0.1) is 17.4 Å². The molecule has 0 N–H and O–H groups in total. The highest BCUT2D eigenvalue weighted by Crippen LogP contribution is 2.00. The Morgan fingerprint density at radius 1 is 1.45 bits per heavy atom. The number of carbonyl (C=O) groups excluding carboxylic acids is 1. The lowest BCUT2D eigenvalue weighted by Crippen LogP contribution is -2.16. The highest BCUT2D eigenvalue weighted by atomic mass is 28.3. The summed E-state index contributed by atoms with van der Waals surface area (Å²) >= 11 is 0. The van der Waals surface area contributed by atoms with E-state index in [1.54, 1.807) is 0 Å². The van der Waals surface area contributed by atoms with Crippen molar-refractivity contribution in [2.45, 2.75) is 33.0 Å². The van der Waals surface area contributed by atoms with Gasteiger partial charge in [-0.05, 0) is 0 Å². The molecule has 1 nitrogen and oxygen atoms in total. The lowest BCUT2D eigenvalue weighted by molar-refractivity contribution is -0.108. The maximum atomic E-state index is 10.1. The standard InChI is InChI=1S/C9H16OSi/c1-9(5-7-10)6-8-11(2,3)4/h7,9H,5H2,1-4H3. The van der Waals surface area contributed by atoms with Crippen molar-refractivity contribution < 1.29 is 4.79 Å². The number of aldehydes is 1. The largest absolute Gasteiger partial charge is 0.303 e. The van der Waals surface area contributed by atoms with Gasteiger partial charge in [-0.3, -0.25) is 0 Å². The molecule has 0 aromatic heterocycles. The van der Waals surface area contributed by atoms with E-state index in [1.165, 1.54) is 0 Å². The predicted octanol–water partition coefficient (Wildman–Crippen LogP) is 2.09. The summed E-state index contributed by atoms with van der Waals surface area (Å²) in [6, 6.07) is 0. The van der Waals surface area contributed by atoms with Crippen molar-refractivity contribution in [3.8, 4) is 11.5 Å². The fourth-order valence-electron chi connectivity index (χ4n) is 0.543. The van der Waals surface area contributed by atoms with Gasteiger partial charge >= 0.3 is 0 Å². The molecule has 0 aliphatic heterocycles. The molecule has 1 atom stereocenters. The summed E-state index contributed by atoms with van der Waals surface area (Å²) < 4.78 is 0. The Labute approximate surface area is 70.2 Å². The van der Waals surface area contributed by atoms with Crippen LogP contribution in [-0.2, 0) is 4.79 Å². The lowest BCUT2D eigenvalue weighted by atomic mass is 10.1. The smallest absolute Gasteiger partial charge is 0.129 e. The molecule has 0 saturated heterocycles. The van der Waals surface area contributed by atoms with Gasteiger partial charge in [0.05, 0.1) is 0 Å². The van der Waals surface area contributed by atoms with E-state index in [4.69, 9.17) is 0 Å². The van der Waals surface area contributed by atoms with E-state index < -0.39 is 8.07 Å². The van der Waals surface area contributed by atoms with E-state index in [0.717, 1.165) is 6.29 Å². The molecule has 0 heterocycles. The molecule has 0 amide bonds. The van der Waals surface area contributed by atoms with Crippen molar-refractivity contribution in [1.29, 1.82) is 0 Å². The quantitative estimate of drug-likeness (QED) is 0.350. The van der Waals surface area contributed by atoms with Gasteiger partial charge in [-0.15, -0.1) is 11.5 Å². The molecule has 11 heavy (non-hydrogen) atoms. The minimum absolute atomic E-state index is 0.235. The molecule has 1 unspecified atom stereocenters. The van der Waals surface area contributed by atoms with Crippen LogP contribution >= 0.6 is 0 Å². The van der Waals surface area contributed by atoms with Gasteiger partial charge in [0.15, 0.2) is 0 Å². The summed E-state index contributed by atoms with van der Waals surface area (Å²) in [5.74, 6) is 3.34. The zero-order chi connectivity index (χ0) is 8.91. The van der Waals surface area contributed by atoms with Crippen LogP contribution in [-0.4, -0.2) is 14.4 Å². The maximum absolute atomic E-state index is 10.1. The van der Waals surface area contributed by atoms with Gasteiger partial charge in [-0.25, -0.2) is 0 Å². The molecule has 0 aromatic carbocycles. The van der Waals surface area contributed by atoms with E-state index >= 15 is 0 Å². The molecule has 0 aliphatic rings. The monoisotopic (exact) mass is 168 g/mol. The van der Waals surface area contributed by atoms with Crippen LogP contribution in [0.2, 0.25) is 19.6 Å². The van der Waals surface area contributed by atoms with Crippen molar-refractivity contribution in [2.75, 3.05) is 0 Å². The van der Waals surface area contributed by atoms with Crippen LogP contribution in [0.3, 0.4) is 0 Å². The number of rotatable bonds is 2. The summed E-state index contributed by atoms with van der Waals surface area (Å²) in [4.78, 5) is 10.1. The van der Waals surface area contributed by atoms with Crippen molar-refractivity contribution in [1.82, 2.24) is 0 Å². The highest BCUT2D eigenvalue weighted by Gasteiger charge is 2.07. The van der Waals surface area contributed by atoms with Crippen molar-refractivity contribution in [3.63, 3.8) is 0 Å². The molecule has 0 saturated carbocycles. The van der Waals surface area contributed by atoms with E-state index in [1.807, 2.05) is 6.92 Å². The Hall–Kier alpha value is -0.553. The third-order valence-corrected chi connectivity index (χ3v) is 2.04.